The lowest BCUT2D eigenvalue weighted by Gasteiger charge is -2.30. The Morgan fingerprint density at radius 1 is 1.10 bits per heavy atom. The third-order valence-corrected chi connectivity index (χ3v) is 3.18. The minimum Gasteiger partial charge on any atom is -0.435 e. The van der Waals surface area contributed by atoms with Crippen LogP contribution in [0.1, 0.15) is 38.3 Å². The summed E-state index contributed by atoms with van der Waals surface area (Å²) in [5.74, 6) is 0.178. The Morgan fingerprint density at radius 3 is 2.05 bits per heavy atom. The van der Waals surface area contributed by atoms with E-state index in [0.29, 0.717) is 6.54 Å². The quantitative estimate of drug-likeness (QED) is 0.756. The molecule has 0 fully saturated rings. The summed E-state index contributed by atoms with van der Waals surface area (Å²) < 4.78 is 28.6. The van der Waals surface area contributed by atoms with Crippen LogP contribution in [-0.2, 0) is 0 Å². The summed E-state index contributed by atoms with van der Waals surface area (Å²) in [5, 5.41) is 0. The number of rotatable bonds is 9. The zero-order chi connectivity index (χ0) is 15.0. The van der Waals surface area contributed by atoms with Crippen molar-refractivity contribution in [3.05, 3.63) is 29.8 Å². The van der Waals surface area contributed by atoms with Gasteiger partial charge in [0, 0.05) is 12.6 Å². The summed E-state index contributed by atoms with van der Waals surface area (Å²) in [6.45, 7) is 3.94. The number of alkyl halides is 2. The molecule has 3 nitrogen and oxygen atoms in total. The van der Waals surface area contributed by atoms with Crippen molar-refractivity contribution >= 4 is 0 Å². The predicted octanol–water partition coefficient (Wildman–Crippen LogP) is 3.41. The molecule has 1 aromatic rings. The van der Waals surface area contributed by atoms with Gasteiger partial charge in [0.15, 0.2) is 0 Å². The van der Waals surface area contributed by atoms with Crippen molar-refractivity contribution in [2.45, 2.75) is 39.3 Å². The maximum absolute atomic E-state index is 12.1. The number of hydrogen-bond donors (Lipinski definition) is 1. The molecule has 0 radical (unpaired) electrons. The minimum absolute atomic E-state index is 0.121. The van der Waals surface area contributed by atoms with Gasteiger partial charge in [-0.05, 0) is 43.6 Å². The molecule has 0 aliphatic carbocycles. The Kier molecular flexibility index (Phi) is 7.47. The van der Waals surface area contributed by atoms with Gasteiger partial charge < -0.3 is 10.5 Å². The van der Waals surface area contributed by atoms with Crippen molar-refractivity contribution in [1.82, 2.24) is 4.90 Å². The van der Waals surface area contributed by atoms with E-state index in [0.717, 1.165) is 31.5 Å². The molecule has 2 N–H and O–H groups in total. The Morgan fingerprint density at radius 2 is 1.65 bits per heavy atom. The molecular weight excluding hydrogens is 262 g/mol. The molecule has 0 aliphatic heterocycles. The van der Waals surface area contributed by atoms with Crippen LogP contribution >= 0.6 is 0 Å². The van der Waals surface area contributed by atoms with Gasteiger partial charge in [0.2, 0.25) is 0 Å². The maximum atomic E-state index is 12.1. The van der Waals surface area contributed by atoms with Crippen LogP contribution < -0.4 is 10.5 Å². The summed E-state index contributed by atoms with van der Waals surface area (Å²) >= 11 is 0. The van der Waals surface area contributed by atoms with Crippen molar-refractivity contribution < 1.29 is 13.5 Å². The van der Waals surface area contributed by atoms with E-state index >= 15 is 0 Å². The van der Waals surface area contributed by atoms with Crippen molar-refractivity contribution in [1.29, 1.82) is 0 Å². The van der Waals surface area contributed by atoms with Crippen LogP contribution in [0, 0.1) is 0 Å². The van der Waals surface area contributed by atoms with Gasteiger partial charge in [-0.1, -0.05) is 26.0 Å². The minimum atomic E-state index is -2.79. The van der Waals surface area contributed by atoms with E-state index in [4.69, 9.17) is 5.73 Å². The Bertz CT molecular complexity index is 365. The van der Waals surface area contributed by atoms with E-state index in [1.54, 1.807) is 12.1 Å². The molecular formula is C15H24F2N2O. The van der Waals surface area contributed by atoms with Crippen LogP contribution in [0.4, 0.5) is 8.78 Å². The van der Waals surface area contributed by atoms with Gasteiger partial charge in [-0.3, -0.25) is 4.90 Å². The second-order valence-corrected chi connectivity index (χ2v) is 4.74. The summed E-state index contributed by atoms with van der Waals surface area (Å²) in [6, 6.07) is 6.89. The van der Waals surface area contributed by atoms with Gasteiger partial charge in [-0.25, -0.2) is 0 Å². The number of hydrogen-bond acceptors (Lipinski definition) is 3. The van der Waals surface area contributed by atoms with E-state index in [1.807, 2.05) is 12.1 Å². The summed E-state index contributed by atoms with van der Waals surface area (Å²) in [6.07, 6.45) is 2.12. The standard InChI is InChI=1S/C15H24F2N2O/c1-3-9-19(10-4-2)14(11-18)12-5-7-13(8-6-12)20-15(16)17/h5-8,14-15H,3-4,9-11,18H2,1-2H3. The topological polar surface area (TPSA) is 38.5 Å². The lowest BCUT2D eigenvalue weighted by atomic mass is 10.0. The number of nitrogens with two attached hydrogens (primary N) is 1. The summed E-state index contributed by atoms with van der Waals surface area (Å²) in [5.41, 5.74) is 6.93. The molecule has 20 heavy (non-hydrogen) atoms. The average Bonchev–Trinajstić information content (AvgIpc) is 2.41. The predicted molar refractivity (Wildman–Crippen MR) is 77.0 cm³/mol. The normalized spacial score (nSPS) is 12.9. The van der Waals surface area contributed by atoms with Crippen LogP contribution in [-0.4, -0.2) is 31.1 Å². The zero-order valence-corrected chi connectivity index (χ0v) is 12.2. The lowest BCUT2D eigenvalue weighted by molar-refractivity contribution is -0.0498. The summed E-state index contributed by atoms with van der Waals surface area (Å²) in [7, 11) is 0. The van der Waals surface area contributed by atoms with E-state index in [9.17, 15) is 8.78 Å². The first-order valence-corrected chi connectivity index (χ1v) is 7.11. The smallest absolute Gasteiger partial charge is 0.387 e. The first-order valence-electron chi connectivity index (χ1n) is 7.11. The fourth-order valence-corrected chi connectivity index (χ4v) is 2.37. The molecule has 0 heterocycles. The monoisotopic (exact) mass is 286 g/mol. The molecule has 1 unspecified atom stereocenters. The first-order chi connectivity index (χ1) is 9.62. The van der Waals surface area contributed by atoms with E-state index in [-0.39, 0.29) is 11.8 Å². The third kappa shape index (κ3) is 5.06. The zero-order valence-electron chi connectivity index (χ0n) is 12.2. The molecule has 1 rings (SSSR count). The van der Waals surface area contributed by atoms with Crippen molar-refractivity contribution in [2.75, 3.05) is 19.6 Å². The molecule has 0 amide bonds. The van der Waals surface area contributed by atoms with Gasteiger partial charge in [-0.15, -0.1) is 0 Å². The van der Waals surface area contributed by atoms with Crippen LogP contribution in [0.5, 0.6) is 5.75 Å². The molecule has 0 spiro atoms. The van der Waals surface area contributed by atoms with Crippen molar-refractivity contribution in [3.8, 4) is 5.75 Å². The largest absolute Gasteiger partial charge is 0.435 e. The molecule has 0 bridgehead atoms. The second-order valence-electron chi connectivity index (χ2n) is 4.74. The Balaban J connectivity index is 2.82. The van der Waals surface area contributed by atoms with Crippen LogP contribution in [0.3, 0.4) is 0 Å². The van der Waals surface area contributed by atoms with E-state index < -0.39 is 6.61 Å². The third-order valence-electron chi connectivity index (χ3n) is 3.18. The highest BCUT2D eigenvalue weighted by molar-refractivity contribution is 5.29. The van der Waals surface area contributed by atoms with Gasteiger partial charge in [0.05, 0.1) is 0 Å². The number of halogens is 2. The van der Waals surface area contributed by atoms with E-state index in [2.05, 4.69) is 23.5 Å². The van der Waals surface area contributed by atoms with Gasteiger partial charge in [-0.2, -0.15) is 8.78 Å². The lowest BCUT2D eigenvalue weighted by Crippen LogP contribution is -2.35. The van der Waals surface area contributed by atoms with Crippen molar-refractivity contribution in [2.24, 2.45) is 5.73 Å². The fourth-order valence-electron chi connectivity index (χ4n) is 2.37. The highest BCUT2D eigenvalue weighted by atomic mass is 19.3. The van der Waals surface area contributed by atoms with E-state index in [1.165, 1.54) is 0 Å². The molecule has 0 aliphatic rings. The fraction of sp³-hybridized carbons (Fsp3) is 0.600. The Labute approximate surface area is 119 Å². The number of ether oxygens (including phenoxy) is 1. The molecule has 0 aromatic heterocycles. The molecule has 0 saturated heterocycles. The van der Waals surface area contributed by atoms with Crippen LogP contribution in [0.2, 0.25) is 0 Å². The SMILES string of the molecule is CCCN(CCC)C(CN)c1ccc(OC(F)F)cc1. The van der Waals surface area contributed by atoms with Gasteiger partial charge in [0.1, 0.15) is 5.75 Å². The maximum Gasteiger partial charge on any atom is 0.387 e. The van der Waals surface area contributed by atoms with Crippen LogP contribution in [0.15, 0.2) is 24.3 Å². The number of nitrogens with zero attached hydrogens (tertiary/aromatic N) is 1. The average molecular weight is 286 g/mol. The highest BCUT2D eigenvalue weighted by Crippen LogP contribution is 2.23. The highest BCUT2D eigenvalue weighted by Gasteiger charge is 2.17. The summed E-state index contributed by atoms with van der Waals surface area (Å²) in [4.78, 5) is 2.34. The van der Waals surface area contributed by atoms with Crippen LogP contribution in [0.25, 0.3) is 0 Å². The molecule has 1 atom stereocenters. The molecule has 1 aromatic carbocycles. The van der Waals surface area contributed by atoms with Gasteiger partial charge in [0.25, 0.3) is 0 Å². The molecule has 114 valence electrons. The van der Waals surface area contributed by atoms with Gasteiger partial charge >= 0.3 is 6.61 Å². The first kappa shape index (κ1) is 16.9. The molecule has 5 heteroatoms. The second kappa shape index (κ2) is 8.87. The number of benzene rings is 1. The van der Waals surface area contributed by atoms with Crippen molar-refractivity contribution in [3.63, 3.8) is 0 Å². The molecule has 0 saturated carbocycles. The Hall–Kier alpha value is -1.20.